The molecule has 1 aromatic heterocycles. The lowest BCUT2D eigenvalue weighted by Crippen LogP contribution is -2.09. The van der Waals surface area contributed by atoms with Gasteiger partial charge in [0.15, 0.2) is 0 Å². The van der Waals surface area contributed by atoms with Gasteiger partial charge in [-0.15, -0.1) is 5.10 Å². The van der Waals surface area contributed by atoms with E-state index in [1.54, 1.807) is 42.5 Å². The quantitative estimate of drug-likeness (QED) is 0.549. The van der Waals surface area contributed by atoms with Gasteiger partial charge in [-0.05, 0) is 65.4 Å². The summed E-state index contributed by atoms with van der Waals surface area (Å²) in [5, 5.41) is 11.5. The van der Waals surface area contributed by atoms with Crippen LogP contribution in [0.3, 0.4) is 0 Å². The number of esters is 1. The molecule has 0 bridgehead atoms. The second-order valence-electron chi connectivity index (χ2n) is 4.60. The van der Waals surface area contributed by atoms with Gasteiger partial charge in [0.05, 0.1) is 11.3 Å². The fourth-order valence-electron chi connectivity index (χ4n) is 1.92. The van der Waals surface area contributed by atoms with E-state index in [4.69, 9.17) is 16.3 Å². The Kier molecular flexibility index (Phi) is 3.84. The second-order valence-corrected chi connectivity index (χ2v) is 5.04. The first-order valence-corrected chi connectivity index (χ1v) is 6.83. The van der Waals surface area contributed by atoms with E-state index in [1.807, 2.05) is 6.92 Å². The number of tetrazole rings is 1. The van der Waals surface area contributed by atoms with E-state index < -0.39 is 5.97 Å². The Labute approximate surface area is 131 Å². The molecule has 110 valence electrons. The van der Waals surface area contributed by atoms with Gasteiger partial charge in [-0.1, -0.05) is 11.6 Å². The predicted octanol–water partition coefficient (Wildman–Crippen LogP) is 2.84. The van der Waals surface area contributed by atoms with E-state index >= 15 is 0 Å². The van der Waals surface area contributed by atoms with Gasteiger partial charge >= 0.3 is 5.97 Å². The van der Waals surface area contributed by atoms with E-state index in [0.29, 0.717) is 16.3 Å². The summed E-state index contributed by atoms with van der Waals surface area (Å²) in [7, 11) is 0. The molecule has 0 amide bonds. The highest BCUT2D eigenvalue weighted by molar-refractivity contribution is 6.30. The Morgan fingerprint density at radius 3 is 2.59 bits per heavy atom. The zero-order chi connectivity index (χ0) is 15.5. The number of aromatic nitrogens is 4. The minimum atomic E-state index is -0.436. The maximum absolute atomic E-state index is 12.1. The molecule has 0 saturated carbocycles. The highest BCUT2D eigenvalue weighted by atomic mass is 35.5. The summed E-state index contributed by atoms with van der Waals surface area (Å²) in [6.07, 6.45) is 1.48. The van der Waals surface area contributed by atoms with Gasteiger partial charge in [0.25, 0.3) is 0 Å². The van der Waals surface area contributed by atoms with Crippen molar-refractivity contribution in [3.05, 3.63) is 64.9 Å². The fraction of sp³-hybridized carbons (Fsp3) is 0.0667. The molecule has 0 N–H and O–H groups in total. The van der Waals surface area contributed by atoms with Crippen LogP contribution in [0.4, 0.5) is 0 Å². The van der Waals surface area contributed by atoms with Crippen molar-refractivity contribution in [2.24, 2.45) is 0 Å². The Morgan fingerprint density at radius 2 is 1.95 bits per heavy atom. The molecule has 1 heterocycles. The number of nitrogens with zero attached hydrogens (tertiary/aromatic N) is 4. The minimum Gasteiger partial charge on any atom is -0.423 e. The van der Waals surface area contributed by atoms with Gasteiger partial charge in [-0.2, -0.15) is 0 Å². The Balaban J connectivity index is 1.77. The zero-order valence-electron chi connectivity index (χ0n) is 11.6. The summed E-state index contributed by atoms with van der Waals surface area (Å²) in [6.45, 7) is 1.83. The van der Waals surface area contributed by atoms with Crippen molar-refractivity contribution in [2.45, 2.75) is 6.92 Å². The van der Waals surface area contributed by atoms with E-state index in [0.717, 1.165) is 11.3 Å². The number of carbonyl (C=O) groups is 1. The summed E-state index contributed by atoms with van der Waals surface area (Å²) in [5.41, 5.74) is 1.99. The highest BCUT2D eigenvalue weighted by Gasteiger charge is 2.11. The standard InChI is InChI=1S/C15H11ClN4O2/c1-10-8-12(16)4-7-14(10)22-15(21)11-2-5-13(6-3-11)20-9-17-18-19-20/h2-9H,1H3. The van der Waals surface area contributed by atoms with Crippen LogP contribution in [0, 0.1) is 6.92 Å². The number of halogens is 1. The third kappa shape index (κ3) is 2.96. The van der Waals surface area contributed by atoms with Crippen LogP contribution in [0.15, 0.2) is 48.8 Å². The molecular weight excluding hydrogens is 304 g/mol. The van der Waals surface area contributed by atoms with Crippen molar-refractivity contribution in [2.75, 3.05) is 0 Å². The van der Waals surface area contributed by atoms with Crippen LogP contribution in [0.5, 0.6) is 5.75 Å². The van der Waals surface area contributed by atoms with Gasteiger partial charge < -0.3 is 4.74 Å². The maximum atomic E-state index is 12.1. The van der Waals surface area contributed by atoms with E-state index in [2.05, 4.69) is 15.5 Å². The van der Waals surface area contributed by atoms with Crippen LogP contribution in [-0.4, -0.2) is 26.2 Å². The lowest BCUT2D eigenvalue weighted by Gasteiger charge is -2.08. The number of rotatable bonds is 3. The lowest BCUT2D eigenvalue weighted by atomic mass is 10.2. The number of hydrogen-bond donors (Lipinski definition) is 0. The fourth-order valence-corrected chi connectivity index (χ4v) is 2.14. The SMILES string of the molecule is Cc1cc(Cl)ccc1OC(=O)c1ccc(-n2cnnn2)cc1. The highest BCUT2D eigenvalue weighted by Crippen LogP contribution is 2.23. The van der Waals surface area contributed by atoms with Crippen LogP contribution < -0.4 is 4.74 Å². The molecule has 0 atom stereocenters. The normalized spacial score (nSPS) is 10.5. The predicted molar refractivity (Wildman–Crippen MR) is 80.3 cm³/mol. The van der Waals surface area contributed by atoms with Gasteiger partial charge in [0.1, 0.15) is 12.1 Å². The van der Waals surface area contributed by atoms with Crippen LogP contribution in [-0.2, 0) is 0 Å². The summed E-state index contributed by atoms with van der Waals surface area (Å²) in [4.78, 5) is 12.1. The number of carbonyl (C=O) groups excluding carboxylic acids is 1. The second kappa shape index (κ2) is 5.95. The molecule has 0 spiro atoms. The van der Waals surface area contributed by atoms with Crippen LogP contribution >= 0.6 is 11.6 Å². The number of hydrogen-bond acceptors (Lipinski definition) is 5. The van der Waals surface area contributed by atoms with Crippen LogP contribution in [0.2, 0.25) is 5.02 Å². The van der Waals surface area contributed by atoms with E-state index in [1.165, 1.54) is 11.0 Å². The summed E-state index contributed by atoms with van der Waals surface area (Å²) < 4.78 is 6.87. The Bertz CT molecular complexity index is 801. The third-order valence-electron chi connectivity index (χ3n) is 3.06. The van der Waals surface area contributed by atoms with Crippen molar-refractivity contribution in [3.8, 4) is 11.4 Å². The van der Waals surface area contributed by atoms with E-state index in [-0.39, 0.29) is 0 Å². The topological polar surface area (TPSA) is 69.9 Å². The van der Waals surface area contributed by atoms with E-state index in [9.17, 15) is 4.79 Å². The molecule has 0 unspecified atom stereocenters. The average molecular weight is 315 g/mol. The summed E-state index contributed by atoms with van der Waals surface area (Å²) in [6, 6.07) is 11.9. The molecule has 3 rings (SSSR count). The van der Waals surface area contributed by atoms with Crippen molar-refractivity contribution in [1.82, 2.24) is 20.2 Å². The van der Waals surface area contributed by atoms with Crippen molar-refractivity contribution >= 4 is 17.6 Å². The molecule has 0 aliphatic carbocycles. The first-order chi connectivity index (χ1) is 10.6. The summed E-state index contributed by atoms with van der Waals surface area (Å²) >= 11 is 5.88. The number of benzene rings is 2. The number of aryl methyl sites for hydroxylation is 1. The molecule has 6 nitrogen and oxygen atoms in total. The largest absolute Gasteiger partial charge is 0.423 e. The van der Waals surface area contributed by atoms with Crippen LogP contribution in [0.25, 0.3) is 5.69 Å². The molecule has 22 heavy (non-hydrogen) atoms. The monoisotopic (exact) mass is 314 g/mol. The van der Waals surface area contributed by atoms with Gasteiger partial charge in [0, 0.05) is 5.02 Å². The average Bonchev–Trinajstić information content (AvgIpc) is 3.04. The first-order valence-electron chi connectivity index (χ1n) is 6.45. The van der Waals surface area contributed by atoms with Crippen LogP contribution in [0.1, 0.15) is 15.9 Å². The molecule has 2 aromatic carbocycles. The molecule has 0 aliphatic rings. The molecule has 0 aliphatic heterocycles. The molecule has 0 fully saturated rings. The number of ether oxygens (including phenoxy) is 1. The van der Waals surface area contributed by atoms with Gasteiger partial charge in [-0.3, -0.25) is 0 Å². The molecule has 0 radical (unpaired) electrons. The molecule has 7 heteroatoms. The van der Waals surface area contributed by atoms with Gasteiger partial charge in [-0.25, -0.2) is 9.48 Å². The maximum Gasteiger partial charge on any atom is 0.343 e. The van der Waals surface area contributed by atoms with Gasteiger partial charge in [0.2, 0.25) is 0 Å². The minimum absolute atomic E-state index is 0.436. The van der Waals surface area contributed by atoms with Crippen molar-refractivity contribution in [3.63, 3.8) is 0 Å². The first kappa shape index (κ1) is 14.2. The zero-order valence-corrected chi connectivity index (χ0v) is 12.4. The summed E-state index contributed by atoms with van der Waals surface area (Å²) in [5.74, 6) is 0.0487. The molecular formula is C15H11ClN4O2. The molecule has 3 aromatic rings. The van der Waals surface area contributed by atoms with Crippen molar-refractivity contribution < 1.29 is 9.53 Å². The Hall–Kier alpha value is -2.73. The lowest BCUT2D eigenvalue weighted by molar-refractivity contribution is 0.0733. The molecule has 0 saturated heterocycles. The Morgan fingerprint density at radius 1 is 1.18 bits per heavy atom. The third-order valence-corrected chi connectivity index (χ3v) is 3.29. The van der Waals surface area contributed by atoms with Crippen molar-refractivity contribution in [1.29, 1.82) is 0 Å². The smallest absolute Gasteiger partial charge is 0.343 e.